The first-order chi connectivity index (χ1) is 17.7. The summed E-state index contributed by atoms with van der Waals surface area (Å²) in [6.07, 6.45) is -2.53. The van der Waals surface area contributed by atoms with Crippen molar-refractivity contribution in [3.63, 3.8) is 0 Å². The van der Waals surface area contributed by atoms with E-state index in [0.717, 1.165) is 28.0 Å². The highest BCUT2D eigenvalue weighted by Crippen LogP contribution is 2.37. The number of hydrogen-bond donors (Lipinski definition) is 3. The highest BCUT2D eigenvalue weighted by atomic mass is 32.1. The van der Waals surface area contributed by atoms with Gasteiger partial charge in [-0.15, -0.1) is 0 Å². The van der Waals surface area contributed by atoms with E-state index in [4.69, 9.17) is 15.2 Å². The molecule has 0 atom stereocenters. The Morgan fingerprint density at radius 2 is 2.03 bits per heavy atom. The summed E-state index contributed by atoms with van der Waals surface area (Å²) >= 11 is 1.37. The number of halogens is 3. The fourth-order valence-electron chi connectivity index (χ4n) is 3.96. The maximum absolute atomic E-state index is 13.0. The molecule has 190 valence electrons. The van der Waals surface area contributed by atoms with Gasteiger partial charge in [-0.05, 0) is 42.0 Å². The zero-order valence-electron chi connectivity index (χ0n) is 19.5. The van der Waals surface area contributed by atoms with Gasteiger partial charge in [-0.1, -0.05) is 23.5 Å². The number of anilines is 2. The Morgan fingerprint density at radius 1 is 1.19 bits per heavy atom. The number of primary amides is 1. The molecule has 0 unspecified atom stereocenters. The van der Waals surface area contributed by atoms with Crippen LogP contribution in [0.2, 0.25) is 0 Å². The highest BCUT2D eigenvalue weighted by Gasteiger charge is 2.30. The van der Waals surface area contributed by atoms with Gasteiger partial charge in [0, 0.05) is 36.5 Å². The molecule has 3 aromatic carbocycles. The molecule has 0 spiro atoms. The van der Waals surface area contributed by atoms with Gasteiger partial charge in [-0.2, -0.15) is 13.2 Å². The third-order valence-electron chi connectivity index (χ3n) is 5.74. The van der Waals surface area contributed by atoms with Crippen LogP contribution in [0.4, 0.5) is 24.0 Å². The standard InChI is InChI=1S/C26H21F3N4O3S/c1-35-22-12-20-17(11-18(22)24(30)34)21(7-8-31-20)36-16-5-6-19-23(10-16)37-25(33-19)32-13-14-3-2-4-15(9-14)26(27,28)29/h2-7,9-12,31H,8,13H2,1H3,(H2,30,34)(H,32,33). The van der Waals surface area contributed by atoms with Gasteiger partial charge >= 0.3 is 6.18 Å². The first kappa shape index (κ1) is 24.4. The summed E-state index contributed by atoms with van der Waals surface area (Å²) < 4.78 is 51.2. The van der Waals surface area contributed by atoms with Crippen molar-refractivity contribution in [3.05, 3.63) is 82.9 Å². The van der Waals surface area contributed by atoms with E-state index < -0.39 is 17.6 Å². The van der Waals surface area contributed by atoms with Crippen LogP contribution in [0.3, 0.4) is 0 Å². The summed E-state index contributed by atoms with van der Waals surface area (Å²) in [7, 11) is 1.47. The Kier molecular flexibility index (Phi) is 6.38. The molecule has 0 aliphatic carbocycles. The van der Waals surface area contributed by atoms with E-state index in [9.17, 15) is 18.0 Å². The average Bonchev–Trinajstić information content (AvgIpc) is 3.29. The lowest BCUT2D eigenvalue weighted by Crippen LogP contribution is -2.16. The number of amides is 1. The van der Waals surface area contributed by atoms with E-state index in [1.165, 1.54) is 24.5 Å². The van der Waals surface area contributed by atoms with Gasteiger partial charge in [-0.3, -0.25) is 4.79 Å². The summed E-state index contributed by atoms with van der Waals surface area (Å²) in [6.45, 7) is 0.725. The second-order valence-electron chi connectivity index (χ2n) is 8.21. The zero-order valence-corrected chi connectivity index (χ0v) is 20.3. The molecule has 1 aliphatic rings. The summed E-state index contributed by atoms with van der Waals surface area (Å²) in [5.74, 6) is 0.888. The number of ether oxygens (including phenoxy) is 2. The second-order valence-corrected chi connectivity index (χ2v) is 9.24. The number of nitrogens with zero attached hydrogens (tertiary/aromatic N) is 1. The van der Waals surface area contributed by atoms with Crippen LogP contribution in [0.5, 0.6) is 11.5 Å². The molecule has 37 heavy (non-hydrogen) atoms. The second kappa shape index (κ2) is 9.66. The molecule has 0 saturated heterocycles. The Bertz CT molecular complexity index is 1530. The lowest BCUT2D eigenvalue weighted by atomic mass is 10.0. The maximum atomic E-state index is 13.0. The van der Waals surface area contributed by atoms with Crippen molar-refractivity contribution >= 4 is 44.0 Å². The highest BCUT2D eigenvalue weighted by molar-refractivity contribution is 7.22. The molecule has 1 amide bonds. The molecule has 1 aromatic heterocycles. The van der Waals surface area contributed by atoms with Crippen LogP contribution in [-0.4, -0.2) is 24.5 Å². The molecular formula is C26H21F3N4O3S. The molecule has 4 N–H and O–H groups in total. The minimum Gasteiger partial charge on any atom is -0.496 e. The number of fused-ring (bicyclic) bond motifs is 2. The van der Waals surface area contributed by atoms with Crippen molar-refractivity contribution in [1.82, 2.24) is 4.98 Å². The van der Waals surface area contributed by atoms with Crippen molar-refractivity contribution in [2.45, 2.75) is 12.7 Å². The van der Waals surface area contributed by atoms with Crippen molar-refractivity contribution in [2.24, 2.45) is 5.73 Å². The molecule has 0 saturated carbocycles. The molecule has 4 aromatic rings. The van der Waals surface area contributed by atoms with Crippen molar-refractivity contribution < 1.29 is 27.4 Å². The Hall–Kier alpha value is -4.25. The number of aromatic nitrogens is 1. The van der Waals surface area contributed by atoms with Crippen LogP contribution >= 0.6 is 11.3 Å². The Labute approximate surface area is 213 Å². The molecule has 1 aliphatic heterocycles. The van der Waals surface area contributed by atoms with Crippen molar-refractivity contribution in [3.8, 4) is 11.5 Å². The minimum absolute atomic E-state index is 0.204. The molecule has 0 bridgehead atoms. The molecule has 11 heteroatoms. The van der Waals surface area contributed by atoms with Gasteiger partial charge < -0.3 is 25.8 Å². The number of methoxy groups -OCH3 is 1. The van der Waals surface area contributed by atoms with Crippen LogP contribution in [0.1, 0.15) is 27.0 Å². The van der Waals surface area contributed by atoms with Gasteiger partial charge in [0.1, 0.15) is 17.3 Å². The Morgan fingerprint density at radius 3 is 2.78 bits per heavy atom. The summed E-state index contributed by atoms with van der Waals surface area (Å²) in [5.41, 5.74) is 7.72. The largest absolute Gasteiger partial charge is 0.496 e. The maximum Gasteiger partial charge on any atom is 0.416 e. The number of alkyl halides is 3. The van der Waals surface area contributed by atoms with E-state index in [1.54, 1.807) is 24.3 Å². The van der Waals surface area contributed by atoms with Crippen LogP contribution in [0, 0.1) is 0 Å². The topological polar surface area (TPSA) is 98.5 Å². The lowest BCUT2D eigenvalue weighted by Gasteiger charge is -2.21. The fraction of sp³-hybridized carbons (Fsp3) is 0.154. The first-order valence-electron chi connectivity index (χ1n) is 11.2. The van der Waals surface area contributed by atoms with E-state index in [1.807, 2.05) is 18.2 Å². The quantitative estimate of drug-likeness (QED) is 0.278. The van der Waals surface area contributed by atoms with Crippen molar-refractivity contribution in [2.75, 3.05) is 24.3 Å². The predicted molar refractivity (Wildman–Crippen MR) is 137 cm³/mol. The molecule has 2 heterocycles. The van der Waals surface area contributed by atoms with Gasteiger partial charge in [-0.25, -0.2) is 4.98 Å². The average molecular weight is 527 g/mol. The number of nitrogens with two attached hydrogens (primary N) is 1. The van der Waals surface area contributed by atoms with E-state index >= 15 is 0 Å². The van der Waals surface area contributed by atoms with Gasteiger partial charge in [0.2, 0.25) is 0 Å². The van der Waals surface area contributed by atoms with E-state index in [-0.39, 0.29) is 12.1 Å². The summed E-state index contributed by atoms with van der Waals surface area (Å²) in [6, 6.07) is 13.9. The van der Waals surface area contributed by atoms with Gasteiger partial charge in [0.25, 0.3) is 5.91 Å². The number of carbonyl (C=O) groups excluding carboxylic acids is 1. The number of carbonyl (C=O) groups is 1. The normalized spacial score (nSPS) is 12.9. The molecule has 0 radical (unpaired) electrons. The number of rotatable bonds is 7. The van der Waals surface area contributed by atoms with Crippen LogP contribution in [0.25, 0.3) is 16.0 Å². The minimum atomic E-state index is -4.39. The van der Waals surface area contributed by atoms with Crippen molar-refractivity contribution in [1.29, 1.82) is 0 Å². The number of thiazole rings is 1. The van der Waals surface area contributed by atoms with Crippen LogP contribution in [0.15, 0.2) is 60.7 Å². The van der Waals surface area contributed by atoms with E-state index in [2.05, 4.69) is 15.6 Å². The smallest absolute Gasteiger partial charge is 0.416 e. The lowest BCUT2D eigenvalue weighted by molar-refractivity contribution is -0.137. The number of hydrogen-bond acceptors (Lipinski definition) is 7. The first-order valence-corrected chi connectivity index (χ1v) is 12.0. The molecule has 5 rings (SSSR count). The Balaban J connectivity index is 1.34. The molecule has 7 nitrogen and oxygen atoms in total. The molecule has 0 fully saturated rings. The number of nitrogens with one attached hydrogen (secondary N) is 2. The predicted octanol–water partition coefficient (Wildman–Crippen LogP) is 5.88. The zero-order chi connectivity index (χ0) is 26.2. The monoisotopic (exact) mass is 526 g/mol. The third-order valence-corrected chi connectivity index (χ3v) is 6.71. The van der Waals surface area contributed by atoms with E-state index in [0.29, 0.717) is 40.1 Å². The van der Waals surface area contributed by atoms with Gasteiger partial charge in [0.05, 0.1) is 28.5 Å². The fourth-order valence-corrected chi connectivity index (χ4v) is 4.85. The third kappa shape index (κ3) is 5.17. The summed E-state index contributed by atoms with van der Waals surface area (Å²) in [5, 5.41) is 6.90. The molecular weight excluding hydrogens is 505 g/mol. The van der Waals surface area contributed by atoms with Crippen LogP contribution < -0.4 is 25.8 Å². The summed E-state index contributed by atoms with van der Waals surface area (Å²) in [4.78, 5) is 16.4. The van der Waals surface area contributed by atoms with Gasteiger partial charge in [0.15, 0.2) is 5.13 Å². The number of benzene rings is 3. The SMILES string of the molecule is COc1cc2c(cc1C(N)=O)C(Oc1ccc3nc(NCc4cccc(C(F)(F)F)c4)sc3c1)=CCN2. The van der Waals surface area contributed by atoms with Crippen LogP contribution in [-0.2, 0) is 12.7 Å².